The van der Waals surface area contributed by atoms with Crippen LogP contribution in [0.15, 0.2) is 182 Å². The molecule has 10 atom stereocenters. The lowest BCUT2D eigenvalue weighted by atomic mass is 9.95. The van der Waals surface area contributed by atoms with Gasteiger partial charge in [-0.2, -0.15) is 0 Å². The van der Waals surface area contributed by atoms with Crippen molar-refractivity contribution in [3.63, 3.8) is 0 Å². The van der Waals surface area contributed by atoms with Gasteiger partial charge in [0.1, 0.15) is 42.2 Å². The summed E-state index contributed by atoms with van der Waals surface area (Å²) in [4.78, 5) is 29.0. The molecule has 0 unspecified atom stereocenters. The van der Waals surface area contributed by atoms with E-state index in [1.165, 1.54) is 7.11 Å². The van der Waals surface area contributed by atoms with Crippen molar-refractivity contribution in [3.8, 4) is 0 Å². The summed E-state index contributed by atoms with van der Waals surface area (Å²) < 4.78 is 73.1. The molecule has 0 aliphatic carbocycles. The van der Waals surface area contributed by atoms with Gasteiger partial charge in [0.25, 0.3) is 0 Å². The van der Waals surface area contributed by atoms with E-state index in [9.17, 15) is 9.59 Å². The van der Waals surface area contributed by atoms with Crippen LogP contribution in [-0.4, -0.2) is 86.1 Å². The number of methoxy groups -OCH3 is 1. The molecule has 2 fully saturated rings. The molecule has 8 rings (SSSR count). The maximum absolute atomic E-state index is 14.7. The molecule has 0 aromatic heterocycles. The summed E-state index contributed by atoms with van der Waals surface area (Å²) in [6.45, 7) is 5.92. The van der Waals surface area contributed by atoms with Gasteiger partial charge < -0.3 is 52.1 Å². The third-order valence-electron chi connectivity index (χ3n) is 12.0. The van der Waals surface area contributed by atoms with Gasteiger partial charge in [-0.15, -0.1) is 0 Å². The molecule has 6 aromatic carbocycles. The Morgan fingerprint density at radius 3 is 1.03 bits per heavy atom. The normalized spacial score (nSPS) is 24.3. The van der Waals surface area contributed by atoms with Crippen LogP contribution in [0, 0.1) is 0 Å². The van der Waals surface area contributed by atoms with E-state index in [4.69, 9.17) is 52.1 Å². The smallest absolute Gasteiger partial charge is 0.338 e. The second kappa shape index (κ2) is 26.0. The fourth-order valence-corrected chi connectivity index (χ4v) is 8.52. The largest absolute Gasteiger partial charge is 0.467 e. The summed E-state index contributed by atoms with van der Waals surface area (Å²) in [7, 11) is 1.27. The van der Waals surface area contributed by atoms with Crippen molar-refractivity contribution in [2.45, 2.75) is 127 Å². The molecule has 0 saturated carbocycles. The van der Waals surface area contributed by atoms with Crippen molar-refractivity contribution in [2.24, 2.45) is 0 Å². The molecule has 2 heterocycles. The van der Waals surface area contributed by atoms with Gasteiger partial charge >= 0.3 is 11.9 Å². The Morgan fingerprint density at radius 1 is 0.375 bits per heavy atom. The molecule has 0 bridgehead atoms. The Bertz CT molecular complexity index is 2510. The highest BCUT2D eigenvalue weighted by Gasteiger charge is 2.58. The first kappa shape index (κ1) is 52.2. The molecule has 2 aliphatic heterocycles. The van der Waals surface area contributed by atoms with E-state index in [0.29, 0.717) is 0 Å². The van der Waals surface area contributed by atoms with E-state index in [0.717, 1.165) is 33.4 Å². The first-order chi connectivity index (χ1) is 35.1. The molecular weight excluding hydrogens is 917 g/mol. The third kappa shape index (κ3) is 14.8. The Hall–Kier alpha value is -6.10. The third-order valence-corrected chi connectivity index (χ3v) is 12.0. The highest BCUT2D eigenvalue weighted by Crippen LogP contribution is 2.38. The Balaban J connectivity index is 1.23. The van der Waals surface area contributed by atoms with Crippen LogP contribution in [0.2, 0.25) is 0 Å². The Labute approximate surface area is 422 Å². The second-order valence-corrected chi connectivity index (χ2v) is 18.6. The van der Waals surface area contributed by atoms with E-state index in [1.807, 2.05) is 182 Å². The van der Waals surface area contributed by atoms with Gasteiger partial charge in [0, 0.05) is 0 Å². The number of ether oxygens (including phenoxy) is 11. The molecule has 2 aliphatic rings. The van der Waals surface area contributed by atoms with Gasteiger partial charge in [-0.1, -0.05) is 182 Å². The molecular formula is C59H64O13. The quantitative estimate of drug-likeness (QED) is 0.0599. The highest BCUT2D eigenvalue weighted by atomic mass is 16.8. The SMILES string of the molecule is COC(=O)[C@H]1O[C@@H](OCc2ccccc2)[C@H](OCc2ccccc2)[C@@H](OCc2ccccc2)[C@H]1O[C@H]1O[C@H](C(=O)OC(C)(C)C)[C@H](OCc2ccccc2)[C@H](OCc2ccccc2)[C@H]1OCc1ccccc1. The lowest BCUT2D eigenvalue weighted by Gasteiger charge is -2.49. The van der Waals surface area contributed by atoms with Gasteiger partial charge in [-0.25, -0.2) is 9.59 Å². The average molecular weight is 981 g/mol. The molecule has 72 heavy (non-hydrogen) atoms. The Kier molecular flexibility index (Phi) is 18.9. The van der Waals surface area contributed by atoms with E-state index < -0.39 is 79.0 Å². The van der Waals surface area contributed by atoms with Crippen LogP contribution in [0.1, 0.15) is 54.2 Å². The maximum Gasteiger partial charge on any atom is 0.338 e. The zero-order chi connectivity index (χ0) is 50.1. The molecule has 6 aromatic rings. The van der Waals surface area contributed by atoms with Crippen LogP contribution in [-0.2, 0) is 101 Å². The lowest BCUT2D eigenvalue weighted by Crippen LogP contribution is -2.67. The van der Waals surface area contributed by atoms with Crippen molar-refractivity contribution in [3.05, 3.63) is 215 Å². The average Bonchev–Trinajstić information content (AvgIpc) is 3.41. The number of hydrogen-bond donors (Lipinski definition) is 0. The van der Waals surface area contributed by atoms with Crippen molar-refractivity contribution < 1.29 is 61.7 Å². The van der Waals surface area contributed by atoms with E-state index in [-0.39, 0.29) is 39.6 Å². The maximum atomic E-state index is 14.7. The highest BCUT2D eigenvalue weighted by molar-refractivity contribution is 5.76. The summed E-state index contributed by atoms with van der Waals surface area (Å²) in [5, 5.41) is 0. The molecule has 0 spiro atoms. The number of carbonyl (C=O) groups excluding carboxylic acids is 2. The van der Waals surface area contributed by atoms with Crippen LogP contribution in [0.3, 0.4) is 0 Å². The predicted octanol–water partition coefficient (Wildman–Crippen LogP) is 9.48. The standard InChI is InChI=1S/C59H64O13/c1-59(2,3)72-56(61)51-47(63-35-41-23-11-5-12-24-41)48(64-36-42-25-13-6-14-26-42)54(67-39-45-31-19-9-20-32-45)58(71-51)69-50-49(65-37-43-27-15-7-16-28-43)53(66-38-44-29-17-8-18-30-44)57(70-52(50)55(60)62-4)68-40-46-33-21-10-22-34-46/h5-34,47-54,57-58H,35-40H2,1-4H3/t47-,48+,49+,50-,51+,52+,53-,54-,57-,58+/m1/s1. The molecule has 2 saturated heterocycles. The van der Waals surface area contributed by atoms with Gasteiger partial charge in [-0.3, -0.25) is 0 Å². The van der Waals surface area contributed by atoms with Crippen molar-refractivity contribution in [2.75, 3.05) is 7.11 Å². The molecule has 378 valence electrons. The van der Waals surface area contributed by atoms with E-state index in [1.54, 1.807) is 20.8 Å². The fourth-order valence-electron chi connectivity index (χ4n) is 8.52. The zero-order valence-corrected chi connectivity index (χ0v) is 41.1. The Morgan fingerprint density at radius 2 is 0.667 bits per heavy atom. The van der Waals surface area contributed by atoms with Crippen LogP contribution in [0.5, 0.6) is 0 Å². The number of carbonyl (C=O) groups is 2. The minimum Gasteiger partial charge on any atom is -0.467 e. The minimum absolute atomic E-state index is 0.0774. The monoisotopic (exact) mass is 980 g/mol. The van der Waals surface area contributed by atoms with Gasteiger partial charge in [0.15, 0.2) is 24.8 Å². The van der Waals surface area contributed by atoms with E-state index >= 15 is 0 Å². The van der Waals surface area contributed by atoms with Crippen molar-refractivity contribution in [1.29, 1.82) is 0 Å². The second-order valence-electron chi connectivity index (χ2n) is 18.6. The topological polar surface area (TPSA) is 136 Å². The van der Waals surface area contributed by atoms with Crippen LogP contribution in [0.4, 0.5) is 0 Å². The number of rotatable bonds is 22. The number of esters is 2. The van der Waals surface area contributed by atoms with Gasteiger partial charge in [-0.05, 0) is 54.2 Å². The fraction of sp³-hybridized carbons (Fsp3) is 0.356. The molecule has 0 radical (unpaired) electrons. The predicted molar refractivity (Wildman–Crippen MR) is 266 cm³/mol. The molecule has 13 nitrogen and oxygen atoms in total. The summed E-state index contributed by atoms with van der Waals surface area (Å²) >= 11 is 0. The van der Waals surface area contributed by atoms with Crippen molar-refractivity contribution in [1.82, 2.24) is 0 Å². The first-order valence-corrected chi connectivity index (χ1v) is 24.3. The van der Waals surface area contributed by atoms with Gasteiger partial charge in [0.05, 0.1) is 46.8 Å². The van der Waals surface area contributed by atoms with Gasteiger partial charge in [0.2, 0.25) is 0 Å². The lowest BCUT2D eigenvalue weighted by molar-refractivity contribution is -0.369. The van der Waals surface area contributed by atoms with Crippen LogP contribution < -0.4 is 0 Å². The number of benzene rings is 6. The first-order valence-electron chi connectivity index (χ1n) is 24.3. The number of hydrogen-bond acceptors (Lipinski definition) is 13. The van der Waals surface area contributed by atoms with Crippen LogP contribution >= 0.6 is 0 Å². The summed E-state index contributed by atoms with van der Waals surface area (Å²) in [5.74, 6) is -1.49. The zero-order valence-electron chi connectivity index (χ0n) is 41.1. The van der Waals surface area contributed by atoms with Crippen molar-refractivity contribution >= 4 is 11.9 Å². The summed E-state index contributed by atoms with van der Waals surface area (Å²) in [5.41, 5.74) is 4.22. The summed E-state index contributed by atoms with van der Waals surface area (Å²) in [6.07, 6.45) is -12.3. The molecule has 0 N–H and O–H groups in total. The van der Waals surface area contributed by atoms with Crippen LogP contribution in [0.25, 0.3) is 0 Å². The minimum atomic E-state index is -1.48. The summed E-state index contributed by atoms with van der Waals surface area (Å²) in [6, 6.07) is 57.8. The molecule has 13 heteroatoms. The molecule has 0 amide bonds. The van der Waals surface area contributed by atoms with E-state index in [2.05, 4.69) is 0 Å².